The standard InChI is InChI=1S/C17H20N2O3/c1-21-15-5-3-2-4-12(15)11-19(13-6-7-13)17(20)16-9-8-14(10-18)22-16/h2-5,8-9,13H,6-7,10-11,18H2,1H3. The summed E-state index contributed by atoms with van der Waals surface area (Å²) in [5.41, 5.74) is 6.53. The van der Waals surface area contributed by atoms with Gasteiger partial charge in [0.15, 0.2) is 5.76 Å². The largest absolute Gasteiger partial charge is 0.496 e. The lowest BCUT2D eigenvalue weighted by Gasteiger charge is -2.22. The third-order valence-electron chi connectivity index (χ3n) is 3.86. The Morgan fingerprint density at radius 3 is 2.73 bits per heavy atom. The van der Waals surface area contributed by atoms with Crippen molar-refractivity contribution in [1.29, 1.82) is 0 Å². The highest BCUT2D eigenvalue weighted by molar-refractivity contribution is 5.92. The number of carbonyl (C=O) groups excluding carboxylic acids is 1. The van der Waals surface area contributed by atoms with E-state index >= 15 is 0 Å². The average molecular weight is 300 g/mol. The number of methoxy groups -OCH3 is 1. The summed E-state index contributed by atoms with van der Waals surface area (Å²) in [6.07, 6.45) is 2.07. The number of nitrogens with two attached hydrogens (primary N) is 1. The monoisotopic (exact) mass is 300 g/mol. The topological polar surface area (TPSA) is 68.7 Å². The van der Waals surface area contributed by atoms with Crippen LogP contribution in [0.15, 0.2) is 40.8 Å². The fraction of sp³-hybridized carbons (Fsp3) is 0.353. The summed E-state index contributed by atoms with van der Waals surface area (Å²) in [6.45, 7) is 0.815. The van der Waals surface area contributed by atoms with E-state index in [2.05, 4.69) is 0 Å². The van der Waals surface area contributed by atoms with Crippen molar-refractivity contribution in [3.8, 4) is 5.75 Å². The van der Waals surface area contributed by atoms with Crippen molar-refractivity contribution in [2.24, 2.45) is 5.73 Å². The fourth-order valence-corrected chi connectivity index (χ4v) is 2.51. The molecule has 1 aliphatic carbocycles. The van der Waals surface area contributed by atoms with Crippen molar-refractivity contribution in [2.45, 2.75) is 32.0 Å². The van der Waals surface area contributed by atoms with Crippen molar-refractivity contribution in [3.63, 3.8) is 0 Å². The Kier molecular flexibility index (Phi) is 4.15. The number of furan rings is 1. The number of hydrogen-bond acceptors (Lipinski definition) is 4. The molecule has 0 aliphatic heterocycles. The minimum Gasteiger partial charge on any atom is -0.496 e. The van der Waals surface area contributed by atoms with Gasteiger partial charge in [0.1, 0.15) is 11.5 Å². The minimum atomic E-state index is -0.0897. The summed E-state index contributed by atoms with van der Waals surface area (Å²) in [4.78, 5) is 14.6. The van der Waals surface area contributed by atoms with Gasteiger partial charge < -0.3 is 19.8 Å². The third kappa shape index (κ3) is 2.99. The molecule has 2 aromatic rings. The van der Waals surface area contributed by atoms with Crippen molar-refractivity contribution in [2.75, 3.05) is 7.11 Å². The summed E-state index contributed by atoms with van der Waals surface area (Å²) in [6, 6.07) is 11.5. The molecule has 1 saturated carbocycles. The fourth-order valence-electron chi connectivity index (χ4n) is 2.51. The van der Waals surface area contributed by atoms with Crippen LogP contribution in [0.4, 0.5) is 0 Å². The Morgan fingerprint density at radius 1 is 1.32 bits per heavy atom. The van der Waals surface area contributed by atoms with Crippen LogP contribution in [-0.4, -0.2) is 24.0 Å². The number of para-hydroxylation sites is 1. The van der Waals surface area contributed by atoms with Crippen molar-refractivity contribution < 1.29 is 13.9 Å². The van der Waals surface area contributed by atoms with E-state index in [1.54, 1.807) is 19.2 Å². The van der Waals surface area contributed by atoms with Gasteiger partial charge in [-0.05, 0) is 31.0 Å². The van der Waals surface area contributed by atoms with Gasteiger partial charge in [-0.15, -0.1) is 0 Å². The maximum Gasteiger partial charge on any atom is 0.290 e. The van der Waals surface area contributed by atoms with Gasteiger partial charge >= 0.3 is 0 Å². The summed E-state index contributed by atoms with van der Waals surface area (Å²) >= 11 is 0. The highest BCUT2D eigenvalue weighted by Gasteiger charge is 2.34. The SMILES string of the molecule is COc1ccccc1CN(C(=O)c1ccc(CN)o1)C1CC1. The first-order chi connectivity index (χ1) is 10.7. The van der Waals surface area contributed by atoms with Gasteiger partial charge in [0.2, 0.25) is 0 Å². The van der Waals surface area contributed by atoms with E-state index in [1.165, 1.54) is 0 Å². The lowest BCUT2D eigenvalue weighted by atomic mass is 10.1. The smallest absolute Gasteiger partial charge is 0.290 e. The van der Waals surface area contributed by atoms with Crippen LogP contribution in [-0.2, 0) is 13.1 Å². The molecule has 1 aromatic heterocycles. The predicted octanol–water partition coefficient (Wildman–Crippen LogP) is 2.55. The molecule has 2 N–H and O–H groups in total. The zero-order valence-electron chi connectivity index (χ0n) is 12.6. The second kappa shape index (κ2) is 6.23. The molecule has 0 spiro atoms. The molecule has 1 amide bonds. The van der Waals surface area contributed by atoms with Gasteiger partial charge in [-0.25, -0.2) is 0 Å². The van der Waals surface area contributed by atoms with E-state index in [0.717, 1.165) is 24.2 Å². The van der Waals surface area contributed by atoms with Gasteiger partial charge in [0, 0.05) is 11.6 Å². The van der Waals surface area contributed by atoms with Crippen LogP contribution < -0.4 is 10.5 Å². The number of amides is 1. The van der Waals surface area contributed by atoms with E-state index in [0.29, 0.717) is 24.6 Å². The zero-order chi connectivity index (χ0) is 15.5. The molecule has 0 atom stereocenters. The normalized spacial score (nSPS) is 13.9. The molecule has 1 aromatic carbocycles. The van der Waals surface area contributed by atoms with E-state index in [9.17, 15) is 4.79 Å². The minimum absolute atomic E-state index is 0.0897. The molecule has 1 fully saturated rings. The van der Waals surface area contributed by atoms with Crippen molar-refractivity contribution in [1.82, 2.24) is 4.90 Å². The van der Waals surface area contributed by atoms with Crippen LogP contribution in [0.2, 0.25) is 0 Å². The molecule has 5 heteroatoms. The highest BCUT2D eigenvalue weighted by Crippen LogP contribution is 2.31. The lowest BCUT2D eigenvalue weighted by molar-refractivity contribution is 0.0694. The van der Waals surface area contributed by atoms with Gasteiger partial charge in [-0.3, -0.25) is 4.79 Å². The summed E-state index contributed by atoms with van der Waals surface area (Å²) in [7, 11) is 1.64. The Labute approximate surface area is 129 Å². The summed E-state index contributed by atoms with van der Waals surface area (Å²) < 4.78 is 10.9. The van der Waals surface area contributed by atoms with E-state index in [4.69, 9.17) is 14.9 Å². The molecule has 0 saturated heterocycles. The van der Waals surface area contributed by atoms with Crippen LogP contribution in [0.5, 0.6) is 5.75 Å². The number of rotatable bonds is 6. The molecule has 22 heavy (non-hydrogen) atoms. The number of benzene rings is 1. The molecular weight excluding hydrogens is 280 g/mol. The quantitative estimate of drug-likeness (QED) is 0.890. The number of carbonyl (C=O) groups is 1. The predicted molar refractivity (Wildman–Crippen MR) is 82.5 cm³/mol. The molecule has 1 aliphatic rings. The summed E-state index contributed by atoms with van der Waals surface area (Å²) in [5.74, 6) is 1.68. The average Bonchev–Trinajstić information content (AvgIpc) is 3.28. The molecule has 1 heterocycles. The second-order valence-electron chi connectivity index (χ2n) is 5.45. The Hall–Kier alpha value is -2.27. The first-order valence-corrected chi connectivity index (χ1v) is 7.44. The lowest BCUT2D eigenvalue weighted by Crippen LogP contribution is -2.32. The number of ether oxygens (including phenoxy) is 1. The van der Waals surface area contributed by atoms with Crippen LogP contribution in [0.3, 0.4) is 0 Å². The Morgan fingerprint density at radius 2 is 2.09 bits per heavy atom. The van der Waals surface area contributed by atoms with Crippen LogP contribution in [0.25, 0.3) is 0 Å². The molecule has 116 valence electrons. The molecule has 5 nitrogen and oxygen atoms in total. The van der Waals surface area contributed by atoms with Gasteiger partial charge in [0.25, 0.3) is 5.91 Å². The first-order valence-electron chi connectivity index (χ1n) is 7.44. The van der Waals surface area contributed by atoms with Crippen LogP contribution >= 0.6 is 0 Å². The van der Waals surface area contributed by atoms with E-state index in [-0.39, 0.29) is 11.9 Å². The Balaban J connectivity index is 1.82. The van der Waals surface area contributed by atoms with Crippen LogP contribution in [0, 0.1) is 0 Å². The van der Waals surface area contributed by atoms with Crippen molar-refractivity contribution in [3.05, 3.63) is 53.5 Å². The Bertz CT molecular complexity index is 661. The van der Waals surface area contributed by atoms with E-state index in [1.807, 2.05) is 29.2 Å². The van der Waals surface area contributed by atoms with Gasteiger partial charge in [-0.2, -0.15) is 0 Å². The van der Waals surface area contributed by atoms with E-state index < -0.39 is 0 Å². The van der Waals surface area contributed by atoms with Gasteiger partial charge in [0.05, 0.1) is 20.2 Å². The zero-order valence-corrected chi connectivity index (χ0v) is 12.6. The molecular formula is C17H20N2O3. The first kappa shape index (κ1) is 14.7. The maximum atomic E-state index is 12.7. The van der Waals surface area contributed by atoms with Crippen molar-refractivity contribution >= 4 is 5.91 Å². The second-order valence-corrected chi connectivity index (χ2v) is 5.45. The maximum absolute atomic E-state index is 12.7. The van der Waals surface area contributed by atoms with Crippen LogP contribution in [0.1, 0.15) is 34.7 Å². The third-order valence-corrected chi connectivity index (χ3v) is 3.86. The molecule has 0 bridgehead atoms. The number of nitrogens with zero attached hydrogens (tertiary/aromatic N) is 1. The van der Waals surface area contributed by atoms with Gasteiger partial charge in [-0.1, -0.05) is 18.2 Å². The molecule has 0 radical (unpaired) electrons. The number of hydrogen-bond donors (Lipinski definition) is 1. The highest BCUT2D eigenvalue weighted by atomic mass is 16.5. The molecule has 0 unspecified atom stereocenters. The summed E-state index contributed by atoms with van der Waals surface area (Å²) in [5, 5.41) is 0. The molecule has 3 rings (SSSR count).